The van der Waals surface area contributed by atoms with Gasteiger partial charge in [0.05, 0.1) is 11.6 Å². The summed E-state index contributed by atoms with van der Waals surface area (Å²) in [4.78, 5) is 12.2. The topological polar surface area (TPSA) is 40.9 Å². The first-order chi connectivity index (χ1) is 9.54. The van der Waals surface area contributed by atoms with Crippen LogP contribution in [-0.4, -0.2) is 5.78 Å². The normalized spacial score (nSPS) is 11.7. The molecule has 0 aliphatic rings. The number of ketones is 1. The van der Waals surface area contributed by atoms with Gasteiger partial charge in [-0.1, -0.05) is 29.8 Å². The quantitative estimate of drug-likeness (QED) is 0.799. The van der Waals surface area contributed by atoms with Crippen LogP contribution >= 0.6 is 11.6 Å². The van der Waals surface area contributed by atoms with Crippen LogP contribution in [0.15, 0.2) is 42.5 Å². The first-order valence-electron chi connectivity index (χ1n) is 5.68. The molecule has 0 N–H and O–H groups in total. The van der Waals surface area contributed by atoms with E-state index in [-0.39, 0.29) is 10.6 Å². The molecule has 1 atom stereocenters. The van der Waals surface area contributed by atoms with Gasteiger partial charge in [-0.3, -0.25) is 4.79 Å². The van der Waals surface area contributed by atoms with Crippen molar-refractivity contribution < 1.29 is 13.6 Å². The Balaban J connectivity index is 2.48. The monoisotopic (exact) mass is 291 g/mol. The molecule has 0 saturated carbocycles. The molecule has 100 valence electrons. The minimum Gasteiger partial charge on any atom is -0.292 e. The van der Waals surface area contributed by atoms with E-state index >= 15 is 0 Å². The van der Waals surface area contributed by atoms with E-state index in [1.807, 2.05) is 0 Å². The van der Waals surface area contributed by atoms with Gasteiger partial charge in [0.25, 0.3) is 0 Å². The molecule has 0 aromatic heterocycles. The number of benzene rings is 2. The van der Waals surface area contributed by atoms with Crippen LogP contribution in [-0.2, 0) is 0 Å². The molecule has 2 aromatic carbocycles. The third kappa shape index (κ3) is 2.68. The zero-order valence-electron chi connectivity index (χ0n) is 10.1. The maximum atomic E-state index is 13.6. The second kappa shape index (κ2) is 5.81. The zero-order chi connectivity index (χ0) is 14.7. The van der Waals surface area contributed by atoms with Crippen LogP contribution in [0.3, 0.4) is 0 Å². The maximum Gasteiger partial charge on any atom is 0.187 e. The number of nitriles is 1. The Morgan fingerprint density at radius 2 is 1.90 bits per heavy atom. The SMILES string of the molecule is N#CC(C(=O)c1cc(F)ccc1F)c1ccccc1Cl. The molecule has 2 rings (SSSR count). The fraction of sp³-hybridized carbons (Fsp3) is 0.0667. The molecule has 0 heterocycles. The fourth-order valence-corrected chi connectivity index (χ4v) is 2.07. The highest BCUT2D eigenvalue weighted by atomic mass is 35.5. The molecular weight excluding hydrogens is 284 g/mol. The Hall–Kier alpha value is -2.25. The summed E-state index contributed by atoms with van der Waals surface area (Å²) >= 11 is 5.93. The van der Waals surface area contributed by atoms with Crippen LogP contribution in [0.2, 0.25) is 5.02 Å². The van der Waals surface area contributed by atoms with Crippen LogP contribution in [0.5, 0.6) is 0 Å². The highest BCUT2D eigenvalue weighted by Crippen LogP contribution is 2.28. The first-order valence-corrected chi connectivity index (χ1v) is 6.05. The number of carbonyl (C=O) groups excluding carboxylic acids is 1. The van der Waals surface area contributed by atoms with Gasteiger partial charge in [0.1, 0.15) is 17.6 Å². The molecule has 0 fully saturated rings. The Bertz CT molecular complexity index is 709. The number of nitrogens with zero attached hydrogens (tertiary/aromatic N) is 1. The van der Waals surface area contributed by atoms with Crippen LogP contribution in [0, 0.1) is 23.0 Å². The number of carbonyl (C=O) groups is 1. The number of hydrogen-bond acceptors (Lipinski definition) is 2. The van der Waals surface area contributed by atoms with Gasteiger partial charge in [0.15, 0.2) is 5.78 Å². The number of rotatable bonds is 3. The smallest absolute Gasteiger partial charge is 0.187 e. The largest absolute Gasteiger partial charge is 0.292 e. The lowest BCUT2D eigenvalue weighted by molar-refractivity contribution is 0.0974. The van der Waals surface area contributed by atoms with Crippen LogP contribution in [0.4, 0.5) is 8.78 Å². The van der Waals surface area contributed by atoms with E-state index in [1.165, 1.54) is 12.1 Å². The van der Waals surface area contributed by atoms with E-state index in [0.29, 0.717) is 0 Å². The van der Waals surface area contributed by atoms with Crippen molar-refractivity contribution in [3.63, 3.8) is 0 Å². The summed E-state index contributed by atoms with van der Waals surface area (Å²) in [7, 11) is 0. The number of Topliss-reactive ketones (excluding diaryl/α,β-unsaturated/α-hetero) is 1. The summed E-state index contributed by atoms with van der Waals surface area (Å²) in [5.41, 5.74) is -0.193. The molecule has 2 nitrogen and oxygen atoms in total. The van der Waals surface area contributed by atoms with Gasteiger partial charge in [0, 0.05) is 5.02 Å². The maximum absolute atomic E-state index is 13.6. The summed E-state index contributed by atoms with van der Waals surface area (Å²) in [6.45, 7) is 0. The molecule has 0 saturated heterocycles. The molecule has 0 aliphatic heterocycles. The van der Waals surface area contributed by atoms with E-state index in [0.717, 1.165) is 18.2 Å². The van der Waals surface area contributed by atoms with Crippen molar-refractivity contribution in [1.82, 2.24) is 0 Å². The number of halogens is 3. The van der Waals surface area contributed by atoms with Crippen molar-refractivity contribution in [2.24, 2.45) is 0 Å². The van der Waals surface area contributed by atoms with Gasteiger partial charge in [0.2, 0.25) is 0 Å². The van der Waals surface area contributed by atoms with E-state index in [2.05, 4.69) is 0 Å². The second-order valence-corrected chi connectivity index (χ2v) is 4.48. The third-order valence-corrected chi connectivity index (χ3v) is 3.15. The highest BCUT2D eigenvalue weighted by Gasteiger charge is 2.26. The van der Waals surface area contributed by atoms with Gasteiger partial charge in [-0.15, -0.1) is 0 Å². The summed E-state index contributed by atoms with van der Waals surface area (Å²) in [6, 6.07) is 10.6. The minimum atomic E-state index is -1.28. The average Bonchev–Trinajstić information content (AvgIpc) is 2.44. The van der Waals surface area contributed by atoms with Crippen molar-refractivity contribution in [2.75, 3.05) is 0 Å². The van der Waals surface area contributed by atoms with E-state index in [1.54, 1.807) is 18.2 Å². The van der Waals surface area contributed by atoms with Gasteiger partial charge >= 0.3 is 0 Å². The molecule has 0 radical (unpaired) electrons. The predicted molar refractivity (Wildman–Crippen MR) is 70.5 cm³/mol. The third-order valence-electron chi connectivity index (χ3n) is 2.80. The zero-order valence-corrected chi connectivity index (χ0v) is 10.9. The van der Waals surface area contributed by atoms with E-state index in [9.17, 15) is 13.6 Å². The first kappa shape index (κ1) is 14.2. The summed E-state index contributed by atoms with van der Waals surface area (Å²) < 4.78 is 26.7. The van der Waals surface area contributed by atoms with Gasteiger partial charge in [-0.2, -0.15) is 5.26 Å². The molecule has 1 unspecified atom stereocenters. The van der Waals surface area contributed by atoms with Crippen molar-refractivity contribution in [3.8, 4) is 6.07 Å². The predicted octanol–water partition coefficient (Wildman–Crippen LogP) is 4.11. The van der Waals surface area contributed by atoms with Crippen LogP contribution < -0.4 is 0 Å². The summed E-state index contributed by atoms with van der Waals surface area (Å²) in [6.07, 6.45) is 0. The molecule has 2 aromatic rings. The lowest BCUT2D eigenvalue weighted by Gasteiger charge is -2.11. The lowest BCUT2D eigenvalue weighted by Crippen LogP contribution is -2.13. The fourth-order valence-electron chi connectivity index (χ4n) is 1.82. The Morgan fingerprint density at radius 3 is 2.55 bits per heavy atom. The number of hydrogen-bond donors (Lipinski definition) is 0. The van der Waals surface area contributed by atoms with Crippen molar-refractivity contribution in [1.29, 1.82) is 5.26 Å². The average molecular weight is 292 g/mol. The summed E-state index contributed by atoms with van der Waals surface area (Å²) in [5.74, 6) is -3.72. The Labute approximate surface area is 119 Å². The molecule has 5 heteroatoms. The molecule has 0 amide bonds. The van der Waals surface area contributed by atoms with Gasteiger partial charge in [-0.05, 0) is 29.8 Å². The van der Waals surface area contributed by atoms with Gasteiger partial charge in [-0.25, -0.2) is 8.78 Å². The van der Waals surface area contributed by atoms with E-state index in [4.69, 9.17) is 16.9 Å². The molecular formula is C15H8ClF2NO. The van der Waals surface area contributed by atoms with Crippen LogP contribution in [0.25, 0.3) is 0 Å². The molecule has 0 bridgehead atoms. The van der Waals surface area contributed by atoms with Crippen molar-refractivity contribution in [3.05, 3.63) is 70.2 Å². The highest BCUT2D eigenvalue weighted by molar-refractivity contribution is 6.31. The van der Waals surface area contributed by atoms with Crippen molar-refractivity contribution in [2.45, 2.75) is 5.92 Å². The molecule has 0 spiro atoms. The standard InChI is InChI=1S/C15H8ClF2NO/c16-13-4-2-1-3-10(13)12(8-19)15(20)11-7-9(17)5-6-14(11)18/h1-7,12H. The van der Waals surface area contributed by atoms with Gasteiger partial charge < -0.3 is 0 Å². The van der Waals surface area contributed by atoms with Crippen LogP contribution in [0.1, 0.15) is 21.8 Å². The van der Waals surface area contributed by atoms with E-state index < -0.39 is 28.9 Å². The van der Waals surface area contributed by atoms with Crippen molar-refractivity contribution >= 4 is 17.4 Å². The molecule has 20 heavy (non-hydrogen) atoms. The summed E-state index contributed by atoms with van der Waals surface area (Å²) in [5, 5.41) is 9.38. The molecule has 0 aliphatic carbocycles. The minimum absolute atomic E-state index is 0.226. The lowest BCUT2D eigenvalue weighted by atomic mass is 9.91. The second-order valence-electron chi connectivity index (χ2n) is 4.07. The Morgan fingerprint density at radius 1 is 1.20 bits per heavy atom. The Kier molecular flexibility index (Phi) is 4.11.